The van der Waals surface area contributed by atoms with Gasteiger partial charge < -0.3 is 5.73 Å². The topological polar surface area (TPSA) is 114 Å². The van der Waals surface area contributed by atoms with E-state index < -0.39 is 16.1 Å². The molecule has 0 fully saturated rings. The summed E-state index contributed by atoms with van der Waals surface area (Å²) in [5.41, 5.74) is 6.79. The van der Waals surface area contributed by atoms with Crippen LogP contribution in [0.3, 0.4) is 0 Å². The van der Waals surface area contributed by atoms with E-state index in [1.54, 1.807) is 31.2 Å². The van der Waals surface area contributed by atoms with Crippen molar-refractivity contribution in [3.8, 4) is 0 Å². The smallest absolute Gasteiger partial charge is 0.216 e. The molecule has 2 aromatic rings. The maximum atomic E-state index is 12.1. The molecule has 4 N–H and O–H groups in total. The second kappa shape index (κ2) is 6.29. The SMILES string of the molecule is CC(NS(=O)(=O)Cc1cccc(C(N)=S)c1)c1ncn[nH]1. The van der Waals surface area contributed by atoms with Gasteiger partial charge >= 0.3 is 0 Å². The summed E-state index contributed by atoms with van der Waals surface area (Å²) >= 11 is 4.88. The summed E-state index contributed by atoms with van der Waals surface area (Å²) in [6.45, 7) is 1.68. The maximum absolute atomic E-state index is 12.1. The van der Waals surface area contributed by atoms with Crippen LogP contribution in [0.1, 0.15) is 29.9 Å². The minimum atomic E-state index is -3.52. The molecule has 0 saturated heterocycles. The first-order valence-electron chi connectivity index (χ1n) is 6.11. The number of nitrogens with zero attached hydrogens (tertiary/aromatic N) is 2. The van der Waals surface area contributed by atoms with E-state index in [2.05, 4.69) is 19.9 Å². The molecule has 0 radical (unpaired) electrons. The van der Waals surface area contributed by atoms with Gasteiger partial charge in [0, 0.05) is 5.56 Å². The van der Waals surface area contributed by atoms with Gasteiger partial charge in [-0.1, -0.05) is 30.4 Å². The van der Waals surface area contributed by atoms with Gasteiger partial charge in [0.25, 0.3) is 0 Å². The van der Waals surface area contributed by atoms with Crippen molar-refractivity contribution in [2.24, 2.45) is 5.73 Å². The van der Waals surface area contributed by atoms with E-state index in [0.717, 1.165) is 0 Å². The normalized spacial score (nSPS) is 13.0. The molecule has 1 atom stereocenters. The van der Waals surface area contributed by atoms with Crippen molar-refractivity contribution in [1.29, 1.82) is 0 Å². The number of nitrogens with two attached hydrogens (primary N) is 1. The van der Waals surface area contributed by atoms with Crippen molar-refractivity contribution in [1.82, 2.24) is 19.9 Å². The van der Waals surface area contributed by atoms with Crippen LogP contribution in [0.4, 0.5) is 0 Å². The van der Waals surface area contributed by atoms with E-state index in [1.807, 2.05) is 0 Å². The molecule has 7 nitrogen and oxygen atoms in total. The van der Waals surface area contributed by atoms with E-state index in [0.29, 0.717) is 17.0 Å². The van der Waals surface area contributed by atoms with Gasteiger partial charge in [0.2, 0.25) is 10.0 Å². The molecule has 0 aliphatic heterocycles. The lowest BCUT2D eigenvalue weighted by atomic mass is 10.1. The van der Waals surface area contributed by atoms with Crippen LogP contribution >= 0.6 is 12.2 Å². The van der Waals surface area contributed by atoms with Gasteiger partial charge in [-0.05, 0) is 18.6 Å². The molecular weight excluding hydrogens is 310 g/mol. The minimum absolute atomic E-state index is 0.165. The van der Waals surface area contributed by atoms with Gasteiger partial charge in [-0.2, -0.15) is 5.10 Å². The van der Waals surface area contributed by atoms with Crippen LogP contribution in [0.25, 0.3) is 0 Å². The number of thiocarbonyl (C=S) groups is 1. The highest BCUT2D eigenvalue weighted by atomic mass is 32.2. The van der Waals surface area contributed by atoms with E-state index in [1.165, 1.54) is 6.33 Å². The zero-order valence-corrected chi connectivity index (χ0v) is 12.9. The molecule has 112 valence electrons. The zero-order chi connectivity index (χ0) is 15.5. The van der Waals surface area contributed by atoms with Crippen LogP contribution in [0.5, 0.6) is 0 Å². The highest BCUT2D eigenvalue weighted by molar-refractivity contribution is 7.88. The van der Waals surface area contributed by atoms with Crippen molar-refractivity contribution in [3.63, 3.8) is 0 Å². The van der Waals surface area contributed by atoms with Gasteiger partial charge in [0.05, 0.1) is 11.8 Å². The highest BCUT2D eigenvalue weighted by Crippen LogP contribution is 2.12. The monoisotopic (exact) mass is 325 g/mol. The van der Waals surface area contributed by atoms with E-state index in [-0.39, 0.29) is 10.7 Å². The molecule has 9 heteroatoms. The van der Waals surface area contributed by atoms with Crippen LogP contribution < -0.4 is 10.5 Å². The summed E-state index contributed by atoms with van der Waals surface area (Å²) in [5, 5.41) is 6.31. The first-order chi connectivity index (χ1) is 9.87. The Hall–Kier alpha value is -1.84. The average Bonchev–Trinajstić information content (AvgIpc) is 2.91. The minimum Gasteiger partial charge on any atom is -0.389 e. The molecule has 0 amide bonds. The largest absolute Gasteiger partial charge is 0.389 e. The first kappa shape index (κ1) is 15.5. The molecule has 0 bridgehead atoms. The number of sulfonamides is 1. The third-order valence-electron chi connectivity index (χ3n) is 2.77. The summed E-state index contributed by atoms with van der Waals surface area (Å²) in [6, 6.07) is 6.35. The molecule has 1 aromatic carbocycles. The number of rotatable bonds is 6. The number of H-pyrrole nitrogens is 1. The number of hydrogen-bond acceptors (Lipinski definition) is 5. The van der Waals surface area contributed by atoms with Crippen LogP contribution in [-0.2, 0) is 15.8 Å². The fourth-order valence-corrected chi connectivity index (χ4v) is 3.30. The van der Waals surface area contributed by atoms with E-state index in [9.17, 15) is 8.42 Å². The fourth-order valence-electron chi connectivity index (χ4n) is 1.82. The Labute approximate surface area is 128 Å². The van der Waals surface area contributed by atoms with Crippen molar-refractivity contribution in [2.45, 2.75) is 18.7 Å². The second-order valence-corrected chi connectivity index (χ2v) is 6.73. The lowest BCUT2D eigenvalue weighted by molar-refractivity contribution is 0.559. The molecule has 0 spiro atoms. The van der Waals surface area contributed by atoms with Crippen LogP contribution in [-0.4, -0.2) is 28.6 Å². The predicted octanol–water partition coefficient (Wildman–Crippen LogP) is 0.620. The Balaban J connectivity index is 2.10. The predicted molar refractivity (Wildman–Crippen MR) is 82.9 cm³/mol. The highest BCUT2D eigenvalue weighted by Gasteiger charge is 2.18. The molecular formula is C12H15N5O2S2. The number of aromatic amines is 1. The first-order valence-corrected chi connectivity index (χ1v) is 8.17. The van der Waals surface area contributed by atoms with Crippen molar-refractivity contribution in [3.05, 3.63) is 47.5 Å². The van der Waals surface area contributed by atoms with Gasteiger partial charge in [0.15, 0.2) is 0 Å². The lowest BCUT2D eigenvalue weighted by Crippen LogP contribution is -2.28. The van der Waals surface area contributed by atoms with Crippen LogP contribution in [0, 0.1) is 0 Å². The summed E-state index contributed by atoms with van der Waals surface area (Å²) in [6.07, 6.45) is 1.33. The molecule has 0 saturated carbocycles. The molecule has 0 aliphatic rings. The summed E-state index contributed by atoms with van der Waals surface area (Å²) in [4.78, 5) is 4.15. The Morgan fingerprint density at radius 3 is 2.90 bits per heavy atom. The maximum Gasteiger partial charge on any atom is 0.216 e. The Bertz CT molecular complexity index is 728. The summed E-state index contributed by atoms with van der Waals surface area (Å²) in [7, 11) is -3.52. The number of aromatic nitrogens is 3. The number of nitrogens with one attached hydrogen (secondary N) is 2. The van der Waals surface area contributed by atoms with Gasteiger partial charge in [0.1, 0.15) is 17.1 Å². The summed E-state index contributed by atoms with van der Waals surface area (Å²) < 4.78 is 26.8. The van der Waals surface area contributed by atoms with Crippen LogP contribution in [0.2, 0.25) is 0 Å². The Morgan fingerprint density at radius 2 is 2.29 bits per heavy atom. The summed E-state index contributed by atoms with van der Waals surface area (Å²) in [5.74, 6) is 0.289. The van der Waals surface area contributed by atoms with Crippen molar-refractivity contribution < 1.29 is 8.42 Å². The molecule has 1 heterocycles. The van der Waals surface area contributed by atoms with Gasteiger partial charge in [-0.3, -0.25) is 5.10 Å². The van der Waals surface area contributed by atoms with Crippen molar-refractivity contribution >= 4 is 27.2 Å². The second-order valence-electron chi connectivity index (χ2n) is 4.53. The molecule has 1 aromatic heterocycles. The van der Waals surface area contributed by atoms with E-state index >= 15 is 0 Å². The average molecular weight is 325 g/mol. The standard InChI is InChI=1S/C12H15N5O2S2/c1-8(12-14-7-15-16-12)17-21(18,19)6-9-3-2-4-10(5-9)11(13)20/h2-5,7-8,17H,6H2,1H3,(H2,13,20)(H,14,15,16). The third kappa shape index (κ3) is 4.31. The van der Waals surface area contributed by atoms with Gasteiger partial charge in [-0.25, -0.2) is 18.1 Å². The number of benzene rings is 1. The van der Waals surface area contributed by atoms with E-state index in [4.69, 9.17) is 18.0 Å². The van der Waals surface area contributed by atoms with Crippen molar-refractivity contribution in [2.75, 3.05) is 0 Å². The Morgan fingerprint density at radius 1 is 1.52 bits per heavy atom. The molecule has 21 heavy (non-hydrogen) atoms. The van der Waals surface area contributed by atoms with Gasteiger partial charge in [-0.15, -0.1) is 0 Å². The quantitative estimate of drug-likeness (QED) is 0.671. The molecule has 0 aliphatic carbocycles. The lowest BCUT2D eigenvalue weighted by Gasteiger charge is -2.12. The number of hydrogen-bond donors (Lipinski definition) is 3. The molecule has 2 rings (SSSR count). The van der Waals surface area contributed by atoms with Crippen LogP contribution in [0.15, 0.2) is 30.6 Å². The third-order valence-corrected chi connectivity index (χ3v) is 4.43. The fraction of sp³-hybridized carbons (Fsp3) is 0.250. The zero-order valence-electron chi connectivity index (χ0n) is 11.3. The Kier molecular flexibility index (Phi) is 4.66. The molecule has 1 unspecified atom stereocenters.